The Morgan fingerprint density at radius 3 is 2.69 bits per heavy atom. The minimum absolute atomic E-state index is 0.185. The fourth-order valence-electron chi connectivity index (χ4n) is 4.59. The van der Waals surface area contributed by atoms with Gasteiger partial charge in [-0.15, -0.1) is 0 Å². The summed E-state index contributed by atoms with van der Waals surface area (Å²) < 4.78 is 39.6. The van der Waals surface area contributed by atoms with E-state index in [1.165, 1.54) is 18.2 Å². The molecule has 1 fully saturated rings. The molecule has 2 aliphatic heterocycles. The first-order valence-electron chi connectivity index (χ1n) is 11.2. The average molecular weight is 489 g/mol. The molecular formula is C24H27F3N6O2. The van der Waals surface area contributed by atoms with Gasteiger partial charge in [0.25, 0.3) is 5.91 Å². The lowest BCUT2D eigenvalue weighted by Gasteiger charge is -2.42. The van der Waals surface area contributed by atoms with Crippen LogP contribution in [-0.2, 0) is 17.5 Å². The maximum atomic E-state index is 13.2. The minimum atomic E-state index is -4.59. The van der Waals surface area contributed by atoms with Crippen LogP contribution in [0.3, 0.4) is 0 Å². The third-order valence-electron chi connectivity index (χ3n) is 6.33. The minimum Gasteiger partial charge on any atom is -0.345 e. The highest BCUT2D eigenvalue weighted by Gasteiger charge is 2.41. The summed E-state index contributed by atoms with van der Waals surface area (Å²) in [4.78, 5) is 29.0. The molecule has 0 spiro atoms. The number of hydrogen-bond acceptors (Lipinski definition) is 6. The number of piperidine rings is 1. The molecule has 0 saturated carbocycles. The lowest BCUT2D eigenvalue weighted by molar-refractivity contribution is -0.137. The van der Waals surface area contributed by atoms with Crippen molar-refractivity contribution in [1.82, 2.24) is 9.91 Å². The maximum Gasteiger partial charge on any atom is 0.416 e. The second-order valence-corrected chi connectivity index (χ2v) is 8.56. The van der Waals surface area contributed by atoms with Gasteiger partial charge in [-0.05, 0) is 54.8 Å². The third-order valence-corrected chi connectivity index (χ3v) is 6.33. The highest BCUT2D eigenvalue weighted by Crippen LogP contribution is 2.39. The molecule has 0 bridgehead atoms. The number of anilines is 2. The van der Waals surface area contributed by atoms with Crippen LogP contribution in [0.5, 0.6) is 0 Å². The van der Waals surface area contributed by atoms with E-state index in [0.717, 1.165) is 41.2 Å². The van der Waals surface area contributed by atoms with E-state index in [0.29, 0.717) is 25.3 Å². The molecule has 11 heteroatoms. The standard InChI is InChI=1S/C24H27F3N6O2/c1-2-21(34)31-10-4-7-18(14-31)32-20-9-8-15(13-28)11-19(20)30-23(32)33(29)22(35)16-5-3-6-17(12-16)24(25,26)27/h2-3,5-6,8-9,11-12,18,23,30H,1,4,7,10,13-14,28-29H2/t18-,23?/m1/s1. The first-order valence-corrected chi connectivity index (χ1v) is 11.2. The molecule has 5 N–H and O–H groups in total. The maximum absolute atomic E-state index is 13.2. The number of hydrogen-bond donors (Lipinski definition) is 3. The summed E-state index contributed by atoms with van der Waals surface area (Å²) in [5, 5.41) is 4.11. The first kappa shape index (κ1) is 24.6. The number of fused-ring (bicyclic) bond motifs is 1. The zero-order chi connectivity index (χ0) is 25.3. The summed E-state index contributed by atoms with van der Waals surface area (Å²) in [6, 6.07) is 9.52. The van der Waals surface area contributed by atoms with Crippen LogP contribution in [0.2, 0.25) is 0 Å². The Morgan fingerprint density at radius 2 is 2.00 bits per heavy atom. The van der Waals surface area contributed by atoms with Gasteiger partial charge >= 0.3 is 6.18 Å². The second-order valence-electron chi connectivity index (χ2n) is 8.56. The topological polar surface area (TPSA) is 108 Å². The van der Waals surface area contributed by atoms with Gasteiger partial charge in [-0.2, -0.15) is 13.2 Å². The van der Waals surface area contributed by atoms with Gasteiger partial charge < -0.3 is 20.9 Å². The van der Waals surface area contributed by atoms with Crippen molar-refractivity contribution in [2.75, 3.05) is 23.3 Å². The van der Waals surface area contributed by atoms with Crippen molar-refractivity contribution in [2.24, 2.45) is 11.6 Å². The van der Waals surface area contributed by atoms with Gasteiger partial charge in [-0.25, -0.2) is 10.9 Å². The second kappa shape index (κ2) is 9.59. The van der Waals surface area contributed by atoms with Crippen LogP contribution in [0.25, 0.3) is 0 Å². The molecule has 186 valence electrons. The van der Waals surface area contributed by atoms with Gasteiger partial charge in [0.2, 0.25) is 5.91 Å². The van der Waals surface area contributed by atoms with Gasteiger partial charge in [-0.3, -0.25) is 9.59 Å². The predicted octanol–water partition coefficient (Wildman–Crippen LogP) is 2.87. The Hall–Kier alpha value is -3.57. The number of halogens is 3. The van der Waals surface area contributed by atoms with Crippen LogP contribution < -0.4 is 21.8 Å². The smallest absolute Gasteiger partial charge is 0.345 e. The van der Waals surface area contributed by atoms with Crippen molar-refractivity contribution in [3.8, 4) is 0 Å². The molecule has 8 nitrogen and oxygen atoms in total. The van der Waals surface area contributed by atoms with E-state index in [1.807, 2.05) is 23.1 Å². The third kappa shape index (κ3) is 4.82. The number of nitrogens with two attached hydrogens (primary N) is 2. The lowest BCUT2D eigenvalue weighted by atomic mass is 10.0. The summed E-state index contributed by atoms with van der Waals surface area (Å²) in [7, 11) is 0. The first-order chi connectivity index (χ1) is 16.6. The van der Waals surface area contributed by atoms with E-state index in [1.54, 1.807) is 4.90 Å². The number of alkyl halides is 3. The number of nitrogens with zero attached hydrogens (tertiary/aromatic N) is 3. The zero-order valence-corrected chi connectivity index (χ0v) is 19.0. The van der Waals surface area contributed by atoms with Crippen molar-refractivity contribution in [3.05, 3.63) is 71.8 Å². The van der Waals surface area contributed by atoms with Gasteiger partial charge in [0.15, 0.2) is 6.29 Å². The number of hydrazine groups is 1. The summed E-state index contributed by atoms with van der Waals surface area (Å²) in [5.41, 5.74) is 6.97. The quantitative estimate of drug-likeness (QED) is 0.259. The molecule has 2 amide bonds. The Labute approximate surface area is 200 Å². The molecule has 1 unspecified atom stereocenters. The van der Waals surface area contributed by atoms with Crippen LogP contribution >= 0.6 is 0 Å². The Bertz CT molecular complexity index is 1140. The van der Waals surface area contributed by atoms with Crippen molar-refractivity contribution >= 4 is 23.2 Å². The van der Waals surface area contributed by atoms with Crippen molar-refractivity contribution in [2.45, 2.75) is 37.9 Å². The fraction of sp³-hybridized carbons (Fsp3) is 0.333. The fourth-order valence-corrected chi connectivity index (χ4v) is 4.59. The number of carbonyl (C=O) groups excluding carboxylic acids is 2. The normalized spacial score (nSPS) is 19.7. The number of benzene rings is 2. The summed E-state index contributed by atoms with van der Waals surface area (Å²) in [5.74, 6) is 5.29. The van der Waals surface area contributed by atoms with Crippen molar-refractivity contribution < 1.29 is 22.8 Å². The van der Waals surface area contributed by atoms with E-state index in [9.17, 15) is 22.8 Å². The van der Waals surface area contributed by atoms with Gasteiger partial charge in [0.1, 0.15) is 0 Å². The molecule has 2 aromatic rings. The number of rotatable bonds is 5. The van der Waals surface area contributed by atoms with Gasteiger partial charge in [0.05, 0.1) is 23.0 Å². The average Bonchev–Trinajstić information content (AvgIpc) is 3.25. The zero-order valence-electron chi connectivity index (χ0n) is 19.0. The highest BCUT2D eigenvalue weighted by molar-refractivity contribution is 5.95. The molecule has 2 heterocycles. The summed E-state index contributed by atoms with van der Waals surface area (Å²) >= 11 is 0. The monoisotopic (exact) mass is 488 g/mol. The molecule has 4 rings (SSSR count). The molecule has 0 aromatic heterocycles. The van der Waals surface area contributed by atoms with Crippen LogP contribution in [0.4, 0.5) is 24.5 Å². The molecule has 0 aliphatic carbocycles. The number of amides is 2. The molecule has 1 saturated heterocycles. The molecular weight excluding hydrogens is 461 g/mol. The van der Waals surface area contributed by atoms with Gasteiger partial charge in [0, 0.05) is 25.2 Å². The van der Waals surface area contributed by atoms with E-state index in [-0.39, 0.29) is 17.5 Å². The predicted molar refractivity (Wildman–Crippen MR) is 126 cm³/mol. The van der Waals surface area contributed by atoms with Gasteiger partial charge in [-0.1, -0.05) is 18.7 Å². The molecule has 2 atom stereocenters. The largest absolute Gasteiger partial charge is 0.416 e. The summed E-state index contributed by atoms with van der Waals surface area (Å²) in [6.07, 6.45) is -2.76. The van der Waals surface area contributed by atoms with Crippen molar-refractivity contribution in [1.29, 1.82) is 0 Å². The Kier molecular flexibility index (Phi) is 6.73. The van der Waals surface area contributed by atoms with Crippen LogP contribution in [0.15, 0.2) is 55.1 Å². The highest BCUT2D eigenvalue weighted by atomic mass is 19.4. The van der Waals surface area contributed by atoms with E-state index < -0.39 is 23.9 Å². The molecule has 2 aromatic carbocycles. The van der Waals surface area contributed by atoms with E-state index in [2.05, 4.69) is 11.9 Å². The van der Waals surface area contributed by atoms with Crippen molar-refractivity contribution in [3.63, 3.8) is 0 Å². The molecule has 0 radical (unpaired) electrons. The number of likely N-dealkylation sites (tertiary alicyclic amines) is 1. The number of nitrogens with one attached hydrogen (secondary N) is 1. The van der Waals surface area contributed by atoms with Crippen LogP contribution in [0, 0.1) is 0 Å². The summed E-state index contributed by atoms with van der Waals surface area (Å²) in [6.45, 7) is 4.83. The van der Waals surface area contributed by atoms with Crippen LogP contribution in [-0.4, -0.2) is 47.1 Å². The Morgan fingerprint density at radius 1 is 1.23 bits per heavy atom. The molecule has 35 heavy (non-hydrogen) atoms. The number of carbonyl (C=O) groups is 2. The Balaban J connectivity index is 1.67. The lowest BCUT2D eigenvalue weighted by Crippen LogP contribution is -2.61. The van der Waals surface area contributed by atoms with E-state index in [4.69, 9.17) is 11.6 Å². The van der Waals surface area contributed by atoms with E-state index >= 15 is 0 Å². The SMILES string of the molecule is C=CC(=O)N1CCC[C@@H](N2c3ccc(CN)cc3NC2N(N)C(=O)c2cccc(C(F)(F)F)c2)C1. The van der Waals surface area contributed by atoms with Crippen LogP contribution in [0.1, 0.15) is 34.3 Å². The molecule has 2 aliphatic rings.